The van der Waals surface area contributed by atoms with Gasteiger partial charge < -0.3 is 10.4 Å². The third-order valence-electron chi connectivity index (χ3n) is 2.02. The van der Waals surface area contributed by atoms with E-state index in [1.807, 2.05) is 0 Å². The van der Waals surface area contributed by atoms with Gasteiger partial charge in [0.2, 0.25) is 0 Å². The van der Waals surface area contributed by atoms with E-state index in [2.05, 4.69) is 5.32 Å². The molecule has 0 saturated carbocycles. The van der Waals surface area contributed by atoms with Crippen LogP contribution in [0.5, 0.6) is 5.75 Å². The van der Waals surface area contributed by atoms with Gasteiger partial charge in [0.15, 0.2) is 0 Å². The monoisotopic (exact) mass is 203 g/mol. The molecule has 76 valence electrons. The second kappa shape index (κ2) is 4.00. The van der Waals surface area contributed by atoms with Crippen molar-refractivity contribution in [2.75, 3.05) is 5.32 Å². The Morgan fingerprint density at radius 3 is 2.27 bits per heavy atom. The highest BCUT2D eigenvalue weighted by Crippen LogP contribution is 2.21. The summed E-state index contributed by atoms with van der Waals surface area (Å²) in [5.41, 5.74) is 1.15. The van der Waals surface area contributed by atoms with E-state index >= 15 is 0 Å². The number of phenols is 1. The first-order chi connectivity index (χ1) is 7.25. The van der Waals surface area contributed by atoms with Crippen LogP contribution in [0.15, 0.2) is 48.5 Å². The maximum atomic E-state index is 13.2. The van der Waals surface area contributed by atoms with Gasteiger partial charge in [-0.3, -0.25) is 0 Å². The number of para-hydroxylation sites is 1. The Morgan fingerprint density at radius 1 is 0.933 bits per heavy atom. The van der Waals surface area contributed by atoms with E-state index in [4.69, 9.17) is 5.11 Å². The molecule has 0 aromatic heterocycles. The minimum atomic E-state index is -0.300. The first-order valence-electron chi connectivity index (χ1n) is 4.56. The molecule has 2 aromatic carbocycles. The second-order valence-corrected chi connectivity index (χ2v) is 3.15. The van der Waals surface area contributed by atoms with Crippen LogP contribution in [0.3, 0.4) is 0 Å². The van der Waals surface area contributed by atoms with Crippen LogP contribution in [0.2, 0.25) is 0 Å². The first-order valence-corrected chi connectivity index (χ1v) is 4.56. The number of phenolic OH excluding ortho intramolecular Hbond substituents is 1. The fourth-order valence-corrected chi connectivity index (χ4v) is 1.26. The molecule has 0 spiro atoms. The second-order valence-electron chi connectivity index (χ2n) is 3.15. The van der Waals surface area contributed by atoms with Gasteiger partial charge in [0.25, 0.3) is 0 Å². The summed E-state index contributed by atoms with van der Waals surface area (Å²) in [6.07, 6.45) is 0. The first kappa shape index (κ1) is 9.52. The topological polar surface area (TPSA) is 32.3 Å². The third kappa shape index (κ3) is 2.26. The molecule has 3 heteroatoms. The van der Waals surface area contributed by atoms with E-state index in [-0.39, 0.29) is 11.6 Å². The zero-order chi connectivity index (χ0) is 10.7. The molecule has 0 aliphatic heterocycles. The highest BCUT2D eigenvalue weighted by molar-refractivity contribution is 5.60. The Labute approximate surface area is 87.0 Å². The number of benzene rings is 2. The summed E-state index contributed by atoms with van der Waals surface area (Å²) >= 11 is 0. The zero-order valence-electron chi connectivity index (χ0n) is 7.94. The van der Waals surface area contributed by atoms with Crippen LogP contribution in [0.4, 0.5) is 15.8 Å². The van der Waals surface area contributed by atoms with Gasteiger partial charge in [0.1, 0.15) is 11.6 Å². The smallest absolute Gasteiger partial charge is 0.146 e. The van der Waals surface area contributed by atoms with Crippen molar-refractivity contribution < 1.29 is 9.50 Å². The molecule has 0 aliphatic carbocycles. The molecule has 0 unspecified atom stereocenters. The molecule has 0 saturated heterocycles. The van der Waals surface area contributed by atoms with E-state index in [9.17, 15) is 4.39 Å². The Kier molecular flexibility index (Phi) is 2.54. The van der Waals surface area contributed by atoms with Crippen LogP contribution in [0.25, 0.3) is 0 Å². The molecule has 0 fully saturated rings. The van der Waals surface area contributed by atoms with Gasteiger partial charge in [-0.25, -0.2) is 4.39 Å². The van der Waals surface area contributed by atoms with E-state index in [0.29, 0.717) is 5.69 Å². The lowest BCUT2D eigenvalue weighted by atomic mass is 10.2. The van der Waals surface area contributed by atoms with Crippen molar-refractivity contribution in [2.24, 2.45) is 0 Å². The largest absolute Gasteiger partial charge is 0.508 e. The molecule has 0 atom stereocenters. The van der Waals surface area contributed by atoms with E-state index < -0.39 is 0 Å². The number of aromatic hydroxyl groups is 1. The summed E-state index contributed by atoms with van der Waals surface area (Å²) in [6.45, 7) is 0. The average Bonchev–Trinajstić information content (AvgIpc) is 2.25. The normalized spacial score (nSPS) is 9.93. The van der Waals surface area contributed by atoms with E-state index in [1.165, 1.54) is 6.07 Å². The lowest BCUT2D eigenvalue weighted by molar-refractivity contribution is 0.475. The molecule has 15 heavy (non-hydrogen) atoms. The predicted molar refractivity (Wildman–Crippen MR) is 57.8 cm³/mol. The van der Waals surface area contributed by atoms with Crippen molar-refractivity contribution in [1.82, 2.24) is 0 Å². The number of halogens is 1. The molecular weight excluding hydrogens is 193 g/mol. The van der Waals surface area contributed by atoms with Crippen LogP contribution in [0.1, 0.15) is 0 Å². The van der Waals surface area contributed by atoms with Gasteiger partial charge in [0.05, 0.1) is 5.69 Å². The van der Waals surface area contributed by atoms with Crippen molar-refractivity contribution in [1.29, 1.82) is 0 Å². The van der Waals surface area contributed by atoms with Gasteiger partial charge in [0, 0.05) is 5.69 Å². The van der Waals surface area contributed by atoms with E-state index in [0.717, 1.165) is 5.69 Å². The molecule has 0 bridgehead atoms. The Bertz CT molecular complexity index is 453. The summed E-state index contributed by atoms with van der Waals surface area (Å²) in [5, 5.41) is 12.0. The predicted octanol–water partition coefficient (Wildman–Crippen LogP) is 3.27. The van der Waals surface area contributed by atoms with E-state index in [1.54, 1.807) is 42.5 Å². The van der Waals surface area contributed by atoms with Gasteiger partial charge in [-0.15, -0.1) is 0 Å². The molecule has 0 amide bonds. The summed E-state index contributed by atoms with van der Waals surface area (Å²) in [5.74, 6) is -0.111. The van der Waals surface area contributed by atoms with Crippen molar-refractivity contribution in [3.8, 4) is 5.75 Å². The molecule has 2 nitrogen and oxygen atoms in total. The lowest BCUT2D eigenvalue weighted by Gasteiger charge is -2.06. The minimum Gasteiger partial charge on any atom is -0.508 e. The quantitative estimate of drug-likeness (QED) is 0.734. The molecule has 0 radical (unpaired) electrons. The number of hydrogen-bond donors (Lipinski definition) is 2. The van der Waals surface area contributed by atoms with Gasteiger partial charge in [-0.1, -0.05) is 12.1 Å². The molecule has 0 heterocycles. The van der Waals surface area contributed by atoms with Crippen molar-refractivity contribution >= 4 is 11.4 Å². The van der Waals surface area contributed by atoms with Gasteiger partial charge >= 0.3 is 0 Å². The van der Waals surface area contributed by atoms with Crippen LogP contribution < -0.4 is 5.32 Å². The van der Waals surface area contributed by atoms with Gasteiger partial charge in [-0.05, 0) is 36.4 Å². The Morgan fingerprint density at radius 2 is 1.60 bits per heavy atom. The SMILES string of the molecule is Oc1ccc(Nc2ccccc2F)cc1. The molecule has 0 aliphatic rings. The third-order valence-corrected chi connectivity index (χ3v) is 2.02. The summed E-state index contributed by atoms with van der Waals surface area (Å²) < 4.78 is 13.2. The fourth-order valence-electron chi connectivity index (χ4n) is 1.26. The highest BCUT2D eigenvalue weighted by Gasteiger charge is 2.00. The Balaban J connectivity index is 2.22. The summed E-state index contributed by atoms with van der Waals surface area (Å²) in [4.78, 5) is 0. The minimum absolute atomic E-state index is 0.189. The van der Waals surface area contributed by atoms with Crippen molar-refractivity contribution in [3.05, 3.63) is 54.3 Å². The zero-order valence-corrected chi connectivity index (χ0v) is 7.94. The van der Waals surface area contributed by atoms with Crippen molar-refractivity contribution in [2.45, 2.75) is 0 Å². The number of hydrogen-bond acceptors (Lipinski definition) is 2. The Hall–Kier alpha value is -2.03. The van der Waals surface area contributed by atoms with Gasteiger partial charge in [-0.2, -0.15) is 0 Å². The van der Waals surface area contributed by atoms with Crippen LogP contribution >= 0.6 is 0 Å². The highest BCUT2D eigenvalue weighted by atomic mass is 19.1. The molecule has 2 aromatic rings. The number of anilines is 2. The summed E-state index contributed by atoms with van der Waals surface area (Å²) in [6, 6.07) is 12.9. The molecule has 2 N–H and O–H groups in total. The van der Waals surface area contributed by atoms with Crippen LogP contribution in [0, 0.1) is 5.82 Å². The molecule has 2 rings (SSSR count). The standard InChI is InChI=1S/C12H10FNO/c13-11-3-1-2-4-12(11)14-9-5-7-10(15)8-6-9/h1-8,14-15H. The molecular formula is C12H10FNO. The van der Waals surface area contributed by atoms with Crippen molar-refractivity contribution in [3.63, 3.8) is 0 Å². The average molecular weight is 203 g/mol. The number of rotatable bonds is 2. The lowest BCUT2D eigenvalue weighted by Crippen LogP contribution is -1.92. The van der Waals surface area contributed by atoms with Crippen LogP contribution in [-0.4, -0.2) is 5.11 Å². The number of nitrogens with one attached hydrogen (secondary N) is 1. The maximum absolute atomic E-state index is 13.2. The van der Waals surface area contributed by atoms with Crippen LogP contribution in [-0.2, 0) is 0 Å². The fraction of sp³-hybridized carbons (Fsp3) is 0. The summed E-state index contributed by atoms with van der Waals surface area (Å²) in [7, 11) is 0. The maximum Gasteiger partial charge on any atom is 0.146 e.